The van der Waals surface area contributed by atoms with E-state index in [4.69, 9.17) is 0 Å². The Morgan fingerprint density at radius 1 is 1.21 bits per heavy atom. The van der Waals surface area contributed by atoms with Gasteiger partial charge in [-0.1, -0.05) is 26.2 Å². The molecule has 0 unspecified atom stereocenters. The third-order valence-electron chi connectivity index (χ3n) is 3.63. The molecular formula is C15H24BrN3. The van der Waals surface area contributed by atoms with Gasteiger partial charge in [0, 0.05) is 35.9 Å². The van der Waals surface area contributed by atoms with Crippen LogP contribution < -0.4 is 10.2 Å². The molecule has 0 aliphatic carbocycles. The summed E-state index contributed by atoms with van der Waals surface area (Å²) in [6.45, 7) is 6.32. The van der Waals surface area contributed by atoms with E-state index in [1.165, 1.54) is 43.5 Å². The van der Waals surface area contributed by atoms with Gasteiger partial charge in [0.15, 0.2) is 0 Å². The van der Waals surface area contributed by atoms with Crippen molar-refractivity contribution in [3.8, 4) is 0 Å². The van der Waals surface area contributed by atoms with Gasteiger partial charge in [-0.25, -0.2) is 4.98 Å². The van der Waals surface area contributed by atoms with E-state index in [1.807, 2.05) is 6.20 Å². The van der Waals surface area contributed by atoms with Crippen LogP contribution in [0.15, 0.2) is 16.7 Å². The first kappa shape index (κ1) is 14.8. The van der Waals surface area contributed by atoms with Crippen LogP contribution in [0.5, 0.6) is 0 Å². The highest BCUT2D eigenvalue weighted by Crippen LogP contribution is 2.24. The van der Waals surface area contributed by atoms with Gasteiger partial charge in [-0.05, 0) is 41.4 Å². The molecule has 1 aromatic rings. The van der Waals surface area contributed by atoms with Crippen LogP contribution in [-0.2, 0) is 6.54 Å². The zero-order valence-electron chi connectivity index (χ0n) is 11.8. The normalized spacial score (nSPS) is 17.1. The van der Waals surface area contributed by atoms with Gasteiger partial charge in [-0.15, -0.1) is 0 Å². The average molecular weight is 326 g/mol. The molecule has 1 N–H and O–H groups in total. The number of hydrogen-bond acceptors (Lipinski definition) is 3. The summed E-state index contributed by atoms with van der Waals surface area (Å²) >= 11 is 3.53. The van der Waals surface area contributed by atoms with Crippen molar-refractivity contribution >= 4 is 21.7 Å². The molecule has 106 valence electrons. The molecule has 3 nitrogen and oxygen atoms in total. The van der Waals surface area contributed by atoms with Crippen molar-refractivity contribution in [1.82, 2.24) is 10.3 Å². The van der Waals surface area contributed by atoms with Gasteiger partial charge >= 0.3 is 0 Å². The van der Waals surface area contributed by atoms with Crippen LogP contribution >= 0.6 is 15.9 Å². The van der Waals surface area contributed by atoms with Crippen LogP contribution in [0.1, 0.15) is 44.6 Å². The fourth-order valence-electron chi connectivity index (χ4n) is 2.61. The van der Waals surface area contributed by atoms with E-state index in [-0.39, 0.29) is 0 Å². The molecule has 0 amide bonds. The van der Waals surface area contributed by atoms with Crippen LogP contribution in [0, 0.1) is 0 Å². The Balaban J connectivity index is 2.15. The predicted molar refractivity (Wildman–Crippen MR) is 84.6 cm³/mol. The van der Waals surface area contributed by atoms with Crippen molar-refractivity contribution < 1.29 is 0 Å². The fraction of sp³-hybridized carbons (Fsp3) is 0.667. The highest BCUT2D eigenvalue weighted by molar-refractivity contribution is 9.10. The molecule has 0 atom stereocenters. The lowest BCUT2D eigenvalue weighted by atomic mass is 10.1. The second-order valence-corrected chi connectivity index (χ2v) is 6.09. The summed E-state index contributed by atoms with van der Waals surface area (Å²) in [6.07, 6.45) is 8.61. The second kappa shape index (κ2) is 7.85. The summed E-state index contributed by atoms with van der Waals surface area (Å²) in [5.74, 6) is 1.17. The quantitative estimate of drug-likeness (QED) is 0.914. The standard InChI is InChI=1S/C15H24BrN3/c1-2-17-11-13-10-14(16)12-18-15(13)19-8-6-4-3-5-7-9-19/h10,12,17H,2-9,11H2,1H3. The maximum Gasteiger partial charge on any atom is 0.133 e. The van der Waals surface area contributed by atoms with E-state index in [9.17, 15) is 0 Å². The van der Waals surface area contributed by atoms with Crippen LogP contribution in [0.3, 0.4) is 0 Å². The lowest BCUT2D eigenvalue weighted by Gasteiger charge is -2.28. The van der Waals surface area contributed by atoms with Gasteiger partial charge < -0.3 is 10.2 Å². The van der Waals surface area contributed by atoms with Gasteiger partial charge in [0.25, 0.3) is 0 Å². The minimum Gasteiger partial charge on any atom is -0.356 e. The first-order chi connectivity index (χ1) is 9.31. The van der Waals surface area contributed by atoms with E-state index in [0.29, 0.717) is 0 Å². The molecule has 0 radical (unpaired) electrons. The lowest BCUT2D eigenvalue weighted by Crippen LogP contribution is -2.29. The molecule has 1 aromatic heterocycles. The Bertz CT molecular complexity index is 387. The Kier molecular flexibility index (Phi) is 6.11. The van der Waals surface area contributed by atoms with Gasteiger partial charge in [0.1, 0.15) is 5.82 Å². The lowest BCUT2D eigenvalue weighted by molar-refractivity contribution is 0.551. The summed E-state index contributed by atoms with van der Waals surface area (Å²) < 4.78 is 1.07. The number of anilines is 1. The number of pyridine rings is 1. The molecule has 19 heavy (non-hydrogen) atoms. The molecule has 2 heterocycles. The molecule has 1 fully saturated rings. The maximum atomic E-state index is 4.67. The largest absolute Gasteiger partial charge is 0.356 e. The number of nitrogens with one attached hydrogen (secondary N) is 1. The number of halogens is 1. The Hall–Kier alpha value is -0.610. The van der Waals surface area contributed by atoms with E-state index in [1.54, 1.807) is 0 Å². The molecule has 4 heteroatoms. The SMILES string of the molecule is CCNCc1cc(Br)cnc1N1CCCCCCC1. The van der Waals surface area contributed by atoms with Crippen LogP contribution in [0.4, 0.5) is 5.82 Å². The molecule has 0 spiro atoms. The molecule has 2 rings (SSSR count). The molecule has 1 aliphatic rings. The Morgan fingerprint density at radius 2 is 1.89 bits per heavy atom. The summed E-state index contributed by atoms with van der Waals surface area (Å²) in [6, 6.07) is 2.20. The highest BCUT2D eigenvalue weighted by atomic mass is 79.9. The number of rotatable bonds is 4. The first-order valence-electron chi connectivity index (χ1n) is 7.41. The minimum atomic E-state index is 0.898. The number of nitrogens with zero attached hydrogens (tertiary/aromatic N) is 2. The topological polar surface area (TPSA) is 28.2 Å². The van der Waals surface area contributed by atoms with Crippen molar-refractivity contribution in [2.45, 2.75) is 45.6 Å². The van der Waals surface area contributed by atoms with Crippen molar-refractivity contribution in [3.63, 3.8) is 0 Å². The molecule has 0 aromatic carbocycles. The number of hydrogen-bond donors (Lipinski definition) is 1. The summed E-state index contributed by atoms with van der Waals surface area (Å²) in [5.41, 5.74) is 1.30. The van der Waals surface area contributed by atoms with Crippen molar-refractivity contribution in [3.05, 3.63) is 22.3 Å². The highest BCUT2D eigenvalue weighted by Gasteiger charge is 2.14. The monoisotopic (exact) mass is 325 g/mol. The summed E-state index contributed by atoms with van der Waals surface area (Å²) in [7, 11) is 0. The first-order valence-corrected chi connectivity index (χ1v) is 8.20. The van der Waals surface area contributed by atoms with Gasteiger partial charge in [-0.2, -0.15) is 0 Å². The van der Waals surface area contributed by atoms with Crippen molar-refractivity contribution in [2.75, 3.05) is 24.5 Å². The van der Waals surface area contributed by atoms with Crippen molar-refractivity contribution in [1.29, 1.82) is 0 Å². The van der Waals surface area contributed by atoms with Crippen LogP contribution in [0.2, 0.25) is 0 Å². The number of aromatic nitrogens is 1. The summed E-state index contributed by atoms with van der Waals surface area (Å²) in [4.78, 5) is 7.14. The molecule has 1 saturated heterocycles. The zero-order chi connectivity index (χ0) is 13.5. The van der Waals surface area contributed by atoms with E-state index < -0.39 is 0 Å². The third-order valence-corrected chi connectivity index (χ3v) is 4.06. The Morgan fingerprint density at radius 3 is 2.58 bits per heavy atom. The maximum absolute atomic E-state index is 4.67. The van der Waals surface area contributed by atoms with Gasteiger partial charge in [0.2, 0.25) is 0 Å². The van der Waals surface area contributed by atoms with Gasteiger partial charge in [0.05, 0.1) is 0 Å². The van der Waals surface area contributed by atoms with E-state index in [2.05, 4.69) is 44.1 Å². The van der Waals surface area contributed by atoms with E-state index >= 15 is 0 Å². The molecule has 0 saturated carbocycles. The smallest absolute Gasteiger partial charge is 0.133 e. The third kappa shape index (κ3) is 4.46. The summed E-state index contributed by atoms with van der Waals surface area (Å²) in [5, 5.41) is 3.41. The predicted octanol–water partition coefficient (Wildman–Crippen LogP) is 3.72. The molecular weight excluding hydrogens is 302 g/mol. The fourth-order valence-corrected chi connectivity index (χ4v) is 2.99. The van der Waals surface area contributed by atoms with Gasteiger partial charge in [-0.3, -0.25) is 0 Å². The zero-order valence-corrected chi connectivity index (χ0v) is 13.4. The van der Waals surface area contributed by atoms with E-state index in [0.717, 1.165) is 30.7 Å². The van der Waals surface area contributed by atoms with Crippen LogP contribution in [0.25, 0.3) is 0 Å². The minimum absolute atomic E-state index is 0.898. The average Bonchev–Trinajstić information content (AvgIpc) is 2.37. The molecule has 0 bridgehead atoms. The molecule has 1 aliphatic heterocycles. The second-order valence-electron chi connectivity index (χ2n) is 5.17. The Labute approximate surface area is 124 Å². The van der Waals surface area contributed by atoms with Crippen molar-refractivity contribution in [2.24, 2.45) is 0 Å². The van der Waals surface area contributed by atoms with Crippen LogP contribution in [-0.4, -0.2) is 24.6 Å².